The Labute approximate surface area is 167 Å². The fourth-order valence-corrected chi connectivity index (χ4v) is 4.62. The van der Waals surface area contributed by atoms with Crippen molar-refractivity contribution in [3.05, 3.63) is 29.8 Å². The highest BCUT2D eigenvalue weighted by atomic mass is 32.2. The maximum absolute atomic E-state index is 8.76. The molecule has 1 aromatic carbocycles. The van der Waals surface area contributed by atoms with Crippen LogP contribution in [-0.2, 0) is 5.41 Å². The fraction of sp³-hybridized carbons (Fsp3) is 0.591. The molecule has 0 spiro atoms. The summed E-state index contributed by atoms with van der Waals surface area (Å²) in [6, 6.07) is 11.5. The van der Waals surface area contributed by atoms with Gasteiger partial charge in [0.15, 0.2) is 11.0 Å². The SMILES string of the molecule is CC(C)(C)c1ccc(-c2nnc(SCCCC#N)n2C2CCCCC2)cc1. The number of thioether (sulfide) groups is 1. The molecule has 1 aliphatic carbocycles. The molecule has 1 heterocycles. The summed E-state index contributed by atoms with van der Waals surface area (Å²) in [5.41, 5.74) is 2.63. The molecule has 0 atom stereocenters. The summed E-state index contributed by atoms with van der Waals surface area (Å²) < 4.78 is 2.38. The Bertz CT molecular complexity index is 774. The minimum atomic E-state index is 0.150. The maximum atomic E-state index is 8.76. The van der Waals surface area contributed by atoms with E-state index in [1.54, 1.807) is 11.8 Å². The third-order valence-electron chi connectivity index (χ3n) is 5.28. The van der Waals surface area contributed by atoms with E-state index >= 15 is 0 Å². The quantitative estimate of drug-likeness (QED) is 0.444. The van der Waals surface area contributed by atoms with E-state index in [9.17, 15) is 0 Å². The van der Waals surface area contributed by atoms with Crippen LogP contribution in [0.3, 0.4) is 0 Å². The normalized spacial score (nSPS) is 15.6. The first-order valence-electron chi connectivity index (χ1n) is 10.1. The van der Waals surface area contributed by atoms with Crippen molar-refractivity contribution in [2.75, 3.05) is 5.75 Å². The highest BCUT2D eigenvalue weighted by molar-refractivity contribution is 7.99. The number of aromatic nitrogens is 3. The molecule has 0 radical (unpaired) electrons. The van der Waals surface area contributed by atoms with Crippen molar-refractivity contribution in [3.63, 3.8) is 0 Å². The van der Waals surface area contributed by atoms with Gasteiger partial charge in [0.2, 0.25) is 0 Å². The van der Waals surface area contributed by atoms with Gasteiger partial charge in [-0.3, -0.25) is 4.57 Å². The largest absolute Gasteiger partial charge is 0.299 e. The summed E-state index contributed by atoms with van der Waals surface area (Å²) in [4.78, 5) is 0. The van der Waals surface area contributed by atoms with E-state index in [1.807, 2.05) is 0 Å². The van der Waals surface area contributed by atoms with Gasteiger partial charge in [0.05, 0.1) is 6.07 Å². The lowest BCUT2D eigenvalue weighted by atomic mass is 9.86. The molecule has 144 valence electrons. The van der Waals surface area contributed by atoms with E-state index in [0.29, 0.717) is 12.5 Å². The number of benzene rings is 1. The van der Waals surface area contributed by atoms with Gasteiger partial charge in [0, 0.05) is 23.8 Å². The molecule has 1 saturated carbocycles. The van der Waals surface area contributed by atoms with Gasteiger partial charge in [0.1, 0.15) is 0 Å². The molecule has 2 aromatic rings. The zero-order valence-corrected chi connectivity index (χ0v) is 17.6. The predicted molar refractivity (Wildman–Crippen MR) is 112 cm³/mol. The molecule has 0 bridgehead atoms. The summed E-state index contributed by atoms with van der Waals surface area (Å²) >= 11 is 1.74. The van der Waals surface area contributed by atoms with Gasteiger partial charge in [-0.15, -0.1) is 10.2 Å². The molecular formula is C22H30N4S. The predicted octanol–water partition coefficient (Wildman–Crippen LogP) is 6.14. The topological polar surface area (TPSA) is 54.5 Å². The molecule has 0 saturated heterocycles. The molecule has 0 amide bonds. The third-order valence-corrected chi connectivity index (χ3v) is 6.31. The maximum Gasteiger partial charge on any atom is 0.191 e. The number of nitriles is 1. The first-order chi connectivity index (χ1) is 13.0. The van der Waals surface area contributed by atoms with Crippen LogP contribution in [0.25, 0.3) is 11.4 Å². The van der Waals surface area contributed by atoms with Gasteiger partial charge in [-0.1, -0.05) is 76.1 Å². The number of hydrogen-bond acceptors (Lipinski definition) is 4. The van der Waals surface area contributed by atoms with Crippen LogP contribution in [0, 0.1) is 11.3 Å². The van der Waals surface area contributed by atoms with E-state index in [2.05, 4.69) is 65.9 Å². The van der Waals surface area contributed by atoms with Gasteiger partial charge < -0.3 is 0 Å². The van der Waals surface area contributed by atoms with Gasteiger partial charge in [-0.05, 0) is 30.2 Å². The molecule has 27 heavy (non-hydrogen) atoms. The van der Waals surface area contributed by atoms with Crippen LogP contribution < -0.4 is 0 Å². The first kappa shape index (κ1) is 19.9. The third kappa shape index (κ3) is 4.93. The van der Waals surface area contributed by atoms with Crippen molar-refractivity contribution in [2.45, 2.75) is 82.3 Å². The van der Waals surface area contributed by atoms with E-state index in [4.69, 9.17) is 5.26 Å². The second-order valence-electron chi connectivity index (χ2n) is 8.41. The number of rotatable bonds is 6. The lowest BCUT2D eigenvalue weighted by molar-refractivity contribution is 0.339. The van der Waals surface area contributed by atoms with Gasteiger partial charge >= 0.3 is 0 Å². The summed E-state index contributed by atoms with van der Waals surface area (Å²) in [5, 5.41) is 18.9. The second kappa shape index (κ2) is 8.93. The van der Waals surface area contributed by atoms with Crippen molar-refractivity contribution in [2.24, 2.45) is 0 Å². The molecular weight excluding hydrogens is 352 g/mol. The van der Waals surface area contributed by atoms with E-state index in [1.165, 1.54) is 37.7 Å². The molecule has 3 rings (SSSR count). The Kier molecular flexibility index (Phi) is 6.59. The van der Waals surface area contributed by atoms with Gasteiger partial charge in [-0.25, -0.2) is 0 Å². The standard InChI is InChI=1S/C22H30N4S/c1-22(2,3)18-13-11-17(12-14-18)20-24-25-21(27-16-8-7-15-23)26(20)19-9-5-4-6-10-19/h11-14,19H,4-10,16H2,1-3H3. The molecule has 1 aliphatic rings. The van der Waals surface area contributed by atoms with E-state index in [0.717, 1.165) is 28.7 Å². The van der Waals surface area contributed by atoms with Crippen molar-refractivity contribution in [1.82, 2.24) is 14.8 Å². The van der Waals surface area contributed by atoms with Crippen molar-refractivity contribution in [3.8, 4) is 17.5 Å². The van der Waals surface area contributed by atoms with Crippen molar-refractivity contribution < 1.29 is 0 Å². The summed E-state index contributed by atoms with van der Waals surface area (Å²) in [7, 11) is 0. The molecule has 0 N–H and O–H groups in total. The summed E-state index contributed by atoms with van der Waals surface area (Å²) in [5.74, 6) is 1.91. The lowest BCUT2D eigenvalue weighted by Crippen LogP contribution is -2.15. The molecule has 1 aromatic heterocycles. The second-order valence-corrected chi connectivity index (χ2v) is 9.47. The zero-order chi connectivity index (χ0) is 19.3. The Morgan fingerprint density at radius 2 is 1.81 bits per heavy atom. The van der Waals surface area contributed by atoms with Crippen molar-refractivity contribution in [1.29, 1.82) is 5.26 Å². The van der Waals surface area contributed by atoms with Crippen LogP contribution in [0.15, 0.2) is 29.4 Å². The highest BCUT2D eigenvalue weighted by Gasteiger charge is 2.24. The van der Waals surface area contributed by atoms with Crippen LogP contribution in [-0.4, -0.2) is 20.5 Å². The monoisotopic (exact) mass is 382 g/mol. The molecule has 5 heteroatoms. The molecule has 0 unspecified atom stereocenters. The molecule has 0 aliphatic heterocycles. The Hall–Kier alpha value is -1.80. The van der Waals surface area contributed by atoms with E-state index < -0.39 is 0 Å². The van der Waals surface area contributed by atoms with Gasteiger partial charge in [0.25, 0.3) is 0 Å². The minimum absolute atomic E-state index is 0.150. The number of unbranched alkanes of at least 4 members (excludes halogenated alkanes) is 1. The fourth-order valence-electron chi connectivity index (χ4n) is 3.67. The van der Waals surface area contributed by atoms with Crippen LogP contribution in [0.1, 0.15) is 77.3 Å². The minimum Gasteiger partial charge on any atom is -0.299 e. The number of hydrogen-bond donors (Lipinski definition) is 0. The van der Waals surface area contributed by atoms with Crippen LogP contribution >= 0.6 is 11.8 Å². The lowest BCUT2D eigenvalue weighted by Gasteiger charge is -2.26. The smallest absolute Gasteiger partial charge is 0.191 e. The van der Waals surface area contributed by atoms with Crippen LogP contribution in [0.5, 0.6) is 0 Å². The molecule has 4 nitrogen and oxygen atoms in total. The average Bonchev–Trinajstić information content (AvgIpc) is 3.09. The summed E-state index contributed by atoms with van der Waals surface area (Å²) in [6.45, 7) is 6.72. The molecule has 1 fully saturated rings. The van der Waals surface area contributed by atoms with E-state index in [-0.39, 0.29) is 5.41 Å². The van der Waals surface area contributed by atoms with Crippen LogP contribution in [0.2, 0.25) is 0 Å². The van der Waals surface area contributed by atoms with Gasteiger partial charge in [-0.2, -0.15) is 5.26 Å². The Morgan fingerprint density at radius 3 is 2.44 bits per heavy atom. The Morgan fingerprint density at radius 1 is 1.11 bits per heavy atom. The zero-order valence-electron chi connectivity index (χ0n) is 16.7. The van der Waals surface area contributed by atoms with Crippen LogP contribution in [0.4, 0.5) is 0 Å². The highest BCUT2D eigenvalue weighted by Crippen LogP contribution is 2.36. The van der Waals surface area contributed by atoms with Crippen molar-refractivity contribution >= 4 is 11.8 Å². The first-order valence-corrected chi connectivity index (χ1v) is 11.0. The Balaban J connectivity index is 1.89. The number of nitrogens with zero attached hydrogens (tertiary/aromatic N) is 4. The summed E-state index contributed by atoms with van der Waals surface area (Å²) in [6.07, 6.45) is 7.81. The average molecular weight is 383 g/mol.